The van der Waals surface area contributed by atoms with E-state index in [4.69, 9.17) is 10.8 Å². The molecule has 1 unspecified atom stereocenters. The van der Waals surface area contributed by atoms with Crippen LogP contribution in [0.3, 0.4) is 0 Å². The summed E-state index contributed by atoms with van der Waals surface area (Å²) < 4.78 is 0. The van der Waals surface area contributed by atoms with E-state index in [9.17, 15) is 4.79 Å². The molecule has 1 atom stereocenters. The van der Waals surface area contributed by atoms with Gasteiger partial charge in [0.05, 0.1) is 0 Å². The van der Waals surface area contributed by atoms with Gasteiger partial charge in [0.1, 0.15) is 6.04 Å². The topological polar surface area (TPSA) is 69.8 Å². The van der Waals surface area contributed by atoms with Crippen LogP contribution in [-0.2, 0) is 4.79 Å². The predicted octanol–water partition coefficient (Wildman–Crippen LogP) is -0.186. The Morgan fingerprint density at radius 1 is 1.31 bits per heavy atom. The highest BCUT2D eigenvalue weighted by Crippen LogP contribution is 2.06. The molecule has 0 aromatic heterocycles. The van der Waals surface area contributed by atoms with Crippen molar-refractivity contribution in [1.29, 1.82) is 0 Å². The van der Waals surface area contributed by atoms with E-state index < -0.39 is 12.0 Å². The van der Waals surface area contributed by atoms with E-state index >= 15 is 0 Å². The predicted molar refractivity (Wildman–Crippen MR) is 63.4 cm³/mol. The van der Waals surface area contributed by atoms with Gasteiger partial charge in [0.25, 0.3) is 0 Å². The van der Waals surface area contributed by atoms with Crippen LogP contribution in [0.1, 0.15) is 20.3 Å². The summed E-state index contributed by atoms with van der Waals surface area (Å²) >= 11 is 0. The number of rotatable bonds is 5. The van der Waals surface area contributed by atoms with E-state index in [0.717, 1.165) is 32.7 Å². The van der Waals surface area contributed by atoms with Crippen LogP contribution in [0.15, 0.2) is 0 Å². The number of piperazine rings is 1. The molecule has 0 aromatic rings. The van der Waals surface area contributed by atoms with E-state index in [-0.39, 0.29) is 0 Å². The van der Waals surface area contributed by atoms with Crippen LogP contribution in [-0.4, -0.2) is 65.7 Å². The van der Waals surface area contributed by atoms with E-state index in [0.29, 0.717) is 12.5 Å². The Morgan fingerprint density at radius 2 is 1.88 bits per heavy atom. The normalized spacial score (nSPS) is 21.2. The maximum atomic E-state index is 10.6. The molecule has 0 aromatic carbocycles. The molecule has 1 heterocycles. The molecule has 1 aliphatic rings. The van der Waals surface area contributed by atoms with Crippen molar-refractivity contribution in [2.75, 3.05) is 32.7 Å². The third-order valence-electron chi connectivity index (χ3n) is 3.21. The summed E-state index contributed by atoms with van der Waals surface area (Å²) in [7, 11) is 0. The second-order valence-corrected chi connectivity index (χ2v) is 4.70. The Hall–Kier alpha value is -0.650. The second kappa shape index (κ2) is 6.18. The highest BCUT2D eigenvalue weighted by Gasteiger charge is 2.20. The molecule has 5 heteroatoms. The van der Waals surface area contributed by atoms with Gasteiger partial charge in [0.15, 0.2) is 0 Å². The fourth-order valence-corrected chi connectivity index (χ4v) is 1.95. The van der Waals surface area contributed by atoms with Gasteiger partial charge in [0, 0.05) is 38.8 Å². The summed E-state index contributed by atoms with van der Waals surface area (Å²) in [4.78, 5) is 15.3. The number of carboxylic acid groups (broad SMARTS) is 1. The van der Waals surface area contributed by atoms with Gasteiger partial charge in [-0.15, -0.1) is 0 Å². The minimum Gasteiger partial charge on any atom is -0.480 e. The maximum absolute atomic E-state index is 10.6. The van der Waals surface area contributed by atoms with Crippen LogP contribution in [0.5, 0.6) is 0 Å². The van der Waals surface area contributed by atoms with Crippen molar-refractivity contribution in [3.8, 4) is 0 Å². The molecule has 0 aliphatic carbocycles. The molecular formula is C11H23N3O2. The first-order valence-corrected chi connectivity index (χ1v) is 5.95. The molecule has 3 N–H and O–H groups in total. The van der Waals surface area contributed by atoms with Crippen molar-refractivity contribution < 1.29 is 9.90 Å². The lowest BCUT2D eigenvalue weighted by Crippen LogP contribution is -2.49. The fraction of sp³-hybridized carbons (Fsp3) is 0.909. The first kappa shape index (κ1) is 13.4. The molecule has 1 rings (SSSR count). The molecule has 5 nitrogen and oxygen atoms in total. The summed E-state index contributed by atoms with van der Waals surface area (Å²) in [6.45, 7) is 9.38. The van der Waals surface area contributed by atoms with E-state index in [1.165, 1.54) is 0 Å². The number of carbonyl (C=O) groups is 1. The summed E-state index contributed by atoms with van der Waals surface area (Å²) in [5.74, 6) is -0.902. The number of nitrogens with two attached hydrogens (primary N) is 1. The zero-order chi connectivity index (χ0) is 12.1. The zero-order valence-electron chi connectivity index (χ0n) is 10.2. The van der Waals surface area contributed by atoms with Gasteiger partial charge in [-0.25, -0.2) is 0 Å². The molecule has 0 bridgehead atoms. The Balaban J connectivity index is 2.20. The SMILES string of the molecule is CC(C)N1CCN(CCC(N)C(=O)O)CC1. The van der Waals surface area contributed by atoms with Crippen LogP contribution in [0.2, 0.25) is 0 Å². The fourth-order valence-electron chi connectivity index (χ4n) is 1.95. The average molecular weight is 229 g/mol. The Bertz CT molecular complexity index is 225. The van der Waals surface area contributed by atoms with E-state index in [1.807, 2.05) is 0 Å². The molecule has 1 saturated heterocycles. The van der Waals surface area contributed by atoms with Crippen molar-refractivity contribution in [3.63, 3.8) is 0 Å². The third kappa shape index (κ3) is 4.08. The van der Waals surface area contributed by atoms with Gasteiger partial charge in [-0.3, -0.25) is 9.69 Å². The van der Waals surface area contributed by atoms with Gasteiger partial charge in [0.2, 0.25) is 0 Å². The van der Waals surface area contributed by atoms with Gasteiger partial charge in [-0.1, -0.05) is 0 Å². The summed E-state index contributed by atoms with van der Waals surface area (Å²) in [6, 6.07) is -0.119. The molecule has 16 heavy (non-hydrogen) atoms. The van der Waals surface area contributed by atoms with E-state index in [2.05, 4.69) is 23.6 Å². The van der Waals surface area contributed by atoms with Gasteiger partial charge in [-0.05, 0) is 20.3 Å². The van der Waals surface area contributed by atoms with Crippen LogP contribution in [0, 0.1) is 0 Å². The molecule has 94 valence electrons. The minimum atomic E-state index is -0.902. The Kier molecular flexibility index (Phi) is 5.18. The summed E-state index contributed by atoms with van der Waals surface area (Å²) in [6.07, 6.45) is 0.539. The summed E-state index contributed by atoms with van der Waals surface area (Å²) in [5, 5.41) is 8.67. The molecule has 1 fully saturated rings. The van der Waals surface area contributed by atoms with Crippen molar-refractivity contribution in [3.05, 3.63) is 0 Å². The van der Waals surface area contributed by atoms with Gasteiger partial charge < -0.3 is 15.7 Å². The lowest BCUT2D eigenvalue weighted by Gasteiger charge is -2.37. The first-order chi connectivity index (χ1) is 7.50. The Labute approximate surface area is 97.2 Å². The maximum Gasteiger partial charge on any atom is 0.320 e. The second-order valence-electron chi connectivity index (χ2n) is 4.70. The van der Waals surface area contributed by atoms with E-state index in [1.54, 1.807) is 0 Å². The zero-order valence-corrected chi connectivity index (χ0v) is 10.2. The average Bonchev–Trinajstić information content (AvgIpc) is 2.26. The lowest BCUT2D eigenvalue weighted by atomic mass is 10.2. The molecular weight excluding hydrogens is 206 g/mol. The minimum absolute atomic E-state index is 0.539. The number of aliphatic carboxylic acids is 1. The quantitative estimate of drug-likeness (QED) is 0.684. The number of carboxylic acids is 1. The third-order valence-corrected chi connectivity index (χ3v) is 3.21. The first-order valence-electron chi connectivity index (χ1n) is 5.95. The highest BCUT2D eigenvalue weighted by atomic mass is 16.4. The number of hydrogen-bond acceptors (Lipinski definition) is 4. The molecule has 1 aliphatic heterocycles. The van der Waals surface area contributed by atoms with Gasteiger partial charge in [-0.2, -0.15) is 0 Å². The largest absolute Gasteiger partial charge is 0.480 e. The van der Waals surface area contributed by atoms with Crippen molar-refractivity contribution in [1.82, 2.24) is 9.80 Å². The standard InChI is InChI=1S/C11H23N3O2/c1-9(2)14-7-5-13(6-8-14)4-3-10(12)11(15)16/h9-10H,3-8,12H2,1-2H3,(H,15,16). The van der Waals surface area contributed by atoms with Crippen molar-refractivity contribution >= 4 is 5.97 Å². The van der Waals surface area contributed by atoms with Crippen molar-refractivity contribution in [2.24, 2.45) is 5.73 Å². The van der Waals surface area contributed by atoms with Crippen LogP contribution >= 0.6 is 0 Å². The summed E-state index contributed by atoms with van der Waals surface area (Å²) in [5.41, 5.74) is 5.47. The monoisotopic (exact) mass is 229 g/mol. The van der Waals surface area contributed by atoms with Gasteiger partial charge >= 0.3 is 5.97 Å². The molecule has 0 radical (unpaired) electrons. The molecule has 0 saturated carbocycles. The Morgan fingerprint density at radius 3 is 2.31 bits per heavy atom. The highest BCUT2D eigenvalue weighted by molar-refractivity contribution is 5.72. The van der Waals surface area contributed by atoms with Crippen molar-refractivity contribution in [2.45, 2.75) is 32.4 Å². The van der Waals surface area contributed by atoms with Crippen LogP contribution in [0.4, 0.5) is 0 Å². The molecule has 0 spiro atoms. The number of nitrogens with zero attached hydrogens (tertiary/aromatic N) is 2. The molecule has 0 amide bonds. The smallest absolute Gasteiger partial charge is 0.320 e. The number of hydrogen-bond donors (Lipinski definition) is 2. The van der Waals surface area contributed by atoms with Crippen LogP contribution < -0.4 is 5.73 Å². The van der Waals surface area contributed by atoms with Crippen LogP contribution in [0.25, 0.3) is 0 Å². The lowest BCUT2D eigenvalue weighted by molar-refractivity contribution is -0.138.